The molecule has 1 heterocycles. The summed E-state index contributed by atoms with van der Waals surface area (Å²) in [6, 6.07) is 8.97. The van der Waals surface area contributed by atoms with E-state index in [4.69, 9.17) is 0 Å². The quantitative estimate of drug-likeness (QED) is 0.585. The number of halogens is 2. The molecule has 0 saturated heterocycles. The van der Waals surface area contributed by atoms with Gasteiger partial charge >= 0.3 is 0 Å². The number of pyridine rings is 1. The Kier molecular flexibility index (Phi) is 6.13. The Morgan fingerprint density at radius 1 is 1.21 bits per heavy atom. The largest absolute Gasteiger partial charge is 0.354 e. The molecule has 0 spiro atoms. The SMILES string of the molecule is CCc1c(Nc2ccc(C3C(F)(F)C3(C)C(=O)NC3CCCCC3)cc2)cnc(C)c1C#N. The van der Waals surface area contributed by atoms with Crippen LogP contribution in [0.15, 0.2) is 30.5 Å². The highest BCUT2D eigenvalue weighted by Crippen LogP contribution is 2.71. The van der Waals surface area contributed by atoms with E-state index in [2.05, 4.69) is 21.7 Å². The Hall–Kier alpha value is -3.01. The van der Waals surface area contributed by atoms with Crippen LogP contribution in [0.1, 0.15) is 74.3 Å². The molecule has 0 aliphatic heterocycles. The van der Waals surface area contributed by atoms with Crippen LogP contribution < -0.4 is 10.6 Å². The lowest BCUT2D eigenvalue weighted by Gasteiger charge is -2.24. The van der Waals surface area contributed by atoms with Crippen LogP contribution in [0.5, 0.6) is 0 Å². The summed E-state index contributed by atoms with van der Waals surface area (Å²) < 4.78 is 29.8. The monoisotopic (exact) mass is 452 g/mol. The van der Waals surface area contributed by atoms with Gasteiger partial charge in [0.1, 0.15) is 11.5 Å². The molecule has 2 aromatic rings. The Labute approximate surface area is 193 Å². The van der Waals surface area contributed by atoms with Crippen molar-refractivity contribution in [3.05, 3.63) is 52.8 Å². The van der Waals surface area contributed by atoms with E-state index in [0.717, 1.165) is 43.4 Å². The molecule has 2 unspecified atom stereocenters. The Balaban J connectivity index is 1.50. The standard InChI is InChI=1S/C26H30F2N4O/c1-4-20-21(14-29)16(2)30-15-22(20)31-19-12-10-17(11-13-19)23-25(3,26(23,27)28)24(33)32-18-8-6-5-7-9-18/h10-13,15,18,23,31H,4-9H2,1-3H3,(H,32,33). The summed E-state index contributed by atoms with van der Waals surface area (Å²) in [6.07, 6.45) is 7.27. The number of carbonyl (C=O) groups is 1. The van der Waals surface area contributed by atoms with E-state index in [0.29, 0.717) is 28.9 Å². The smallest absolute Gasteiger partial charge is 0.270 e. The summed E-state index contributed by atoms with van der Waals surface area (Å²) in [5.74, 6) is -4.77. The third-order valence-electron chi connectivity index (χ3n) is 7.33. The van der Waals surface area contributed by atoms with E-state index >= 15 is 0 Å². The predicted molar refractivity (Wildman–Crippen MR) is 124 cm³/mol. The lowest BCUT2D eigenvalue weighted by molar-refractivity contribution is -0.130. The van der Waals surface area contributed by atoms with Crippen LogP contribution in [-0.2, 0) is 11.2 Å². The second-order valence-corrected chi connectivity index (χ2v) is 9.39. The number of alkyl halides is 2. The van der Waals surface area contributed by atoms with Gasteiger partial charge in [0.2, 0.25) is 5.91 Å². The molecule has 4 rings (SSSR count). The highest BCUT2D eigenvalue weighted by Gasteiger charge is 2.82. The van der Waals surface area contributed by atoms with Crippen molar-refractivity contribution in [2.24, 2.45) is 5.41 Å². The van der Waals surface area contributed by atoms with Crippen molar-refractivity contribution < 1.29 is 13.6 Å². The van der Waals surface area contributed by atoms with Crippen LogP contribution in [0.2, 0.25) is 0 Å². The molecule has 7 heteroatoms. The molecule has 1 aromatic heterocycles. The van der Waals surface area contributed by atoms with Crippen molar-refractivity contribution in [2.45, 2.75) is 77.2 Å². The Morgan fingerprint density at radius 3 is 2.48 bits per heavy atom. The second-order valence-electron chi connectivity index (χ2n) is 9.39. The molecule has 2 aliphatic rings. The highest BCUT2D eigenvalue weighted by atomic mass is 19.3. The first-order valence-electron chi connectivity index (χ1n) is 11.7. The van der Waals surface area contributed by atoms with Crippen molar-refractivity contribution in [2.75, 3.05) is 5.32 Å². The summed E-state index contributed by atoms with van der Waals surface area (Å²) in [5, 5.41) is 15.6. The van der Waals surface area contributed by atoms with Gasteiger partial charge in [-0.15, -0.1) is 0 Å². The molecule has 2 atom stereocenters. The number of rotatable bonds is 6. The molecule has 2 saturated carbocycles. The summed E-state index contributed by atoms with van der Waals surface area (Å²) in [5.41, 5.74) is 2.25. The zero-order chi connectivity index (χ0) is 23.8. The van der Waals surface area contributed by atoms with Gasteiger partial charge in [0.25, 0.3) is 5.92 Å². The van der Waals surface area contributed by atoms with Gasteiger partial charge in [-0.25, -0.2) is 8.78 Å². The van der Waals surface area contributed by atoms with Crippen LogP contribution in [0.4, 0.5) is 20.2 Å². The third kappa shape index (κ3) is 3.96. The van der Waals surface area contributed by atoms with E-state index < -0.39 is 23.2 Å². The summed E-state index contributed by atoms with van der Waals surface area (Å²) in [6.45, 7) is 5.14. The molecule has 5 nitrogen and oxygen atoms in total. The van der Waals surface area contributed by atoms with Gasteiger partial charge in [-0.3, -0.25) is 9.78 Å². The van der Waals surface area contributed by atoms with E-state index in [-0.39, 0.29) is 6.04 Å². The summed E-state index contributed by atoms with van der Waals surface area (Å²) >= 11 is 0. The van der Waals surface area contributed by atoms with Crippen molar-refractivity contribution in [1.82, 2.24) is 10.3 Å². The Morgan fingerprint density at radius 2 is 1.88 bits per heavy atom. The zero-order valence-electron chi connectivity index (χ0n) is 19.3. The number of nitriles is 1. The van der Waals surface area contributed by atoms with Gasteiger partial charge in [-0.1, -0.05) is 38.3 Å². The van der Waals surface area contributed by atoms with Crippen molar-refractivity contribution in [3.63, 3.8) is 0 Å². The number of hydrogen-bond acceptors (Lipinski definition) is 4. The molecule has 0 radical (unpaired) electrons. The number of anilines is 2. The van der Waals surface area contributed by atoms with Crippen LogP contribution in [0.25, 0.3) is 0 Å². The maximum Gasteiger partial charge on any atom is 0.270 e. The number of amides is 1. The summed E-state index contributed by atoms with van der Waals surface area (Å²) in [7, 11) is 0. The van der Waals surface area contributed by atoms with Gasteiger partial charge in [0.05, 0.1) is 29.1 Å². The van der Waals surface area contributed by atoms with Crippen molar-refractivity contribution in [1.29, 1.82) is 5.26 Å². The third-order valence-corrected chi connectivity index (χ3v) is 7.33. The average Bonchev–Trinajstić information content (AvgIpc) is 3.28. The molecule has 174 valence electrons. The van der Waals surface area contributed by atoms with E-state index in [1.807, 2.05) is 6.92 Å². The molecular weight excluding hydrogens is 422 g/mol. The average molecular weight is 453 g/mol. The van der Waals surface area contributed by atoms with Crippen LogP contribution >= 0.6 is 0 Å². The molecule has 2 fully saturated rings. The van der Waals surface area contributed by atoms with Gasteiger partial charge in [0.15, 0.2) is 0 Å². The number of aromatic nitrogens is 1. The number of hydrogen-bond donors (Lipinski definition) is 2. The minimum Gasteiger partial charge on any atom is -0.354 e. The first kappa shape index (κ1) is 23.2. The molecule has 0 bridgehead atoms. The molecule has 1 amide bonds. The van der Waals surface area contributed by atoms with Gasteiger partial charge in [-0.05, 0) is 56.4 Å². The predicted octanol–water partition coefficient (Wildman–Crippen LogP) is 5.76. The number of aryl methyl sites for hydroxylation is 1. The fourth-order valence-corrected chi connectivity index (χ4v) is 5.13. The lowest BCUT2D eigenvalue weighted by Crippen LogP contribution is -2.42. The van der Waals surface area contributed by atoms with Gasteiger partial charge in [-0.2, -0.15) is 5.26 Å². The van der Waals surface area contributed by atoms with E-state index in [1.165, 1.54) is 6.92 Å². The molecule has 2 N–H and O–H groups in total. The lowest BCUT2D eigenvalue weighted by atomic mass is 9.93. The number of nitrogens with zero attached hydrogens (tertiary/aromatic N) is 2. The van der Waals surface area contributed by atoms with Gasteiger partial charge in [0, 0.05) is 11.7 Å². The van der Waals surface area contributed by atoms with Gasteiger partial charge < -0.3 is 10.6 Å². The fourth-order valence-electron chi connectivity index (χ4n) is 5.13. The minimum absolute atomic E-state index is 0.000817. The van der Waals surface area contributed by atoms with Crippen molar-refractivity contribution in [3.8, 4) is 6.07 Å². The molecular formula is C26H30F2N4O. The number of benzene rings is 1. The molecule has 2 aliphatic carbocycles. The maximum atomic E-state index is 14.9. The number of nitrogens with one attached hydrogen (secondary N) is 2. The maximum absolute atomic E-state index is 14.9. The van der Waals surface area contributed by atoms with Crippen LogP contribution in [-0.4, -0.2) is 22.9 Å². The first-order valence-corrected chi connectivity index (χ1v) is 11.7. The van der Waals surface area contributed by atoms with E-state index in [1.54, 1.807) is 37.4 Å². The Bertz CT molecular complexity index is 1090. The molecule has 33 heavy (non-hydrogen) atoms. The van der Waals surface area contributed by atoms with Crippen molar-refractivity contribution >= 4 is 17.3 Å². The highest BCUT2D eigenvalue weighted by molar-refractivity contribution is 5.90. The first-order chi connectivity index (χ1) is 15.7. The molecule has 1 aromatic carbocycles. The number of carbonyl (C=O) groups excluding carboxylic acids is 1. The summed E-state index contributed by atoms with van der Waals surface area (Å²) in [4.78, 5) is 17.1. The minimum atomic E-state index is -3.08. The normalized spacial score (nSPS) is 24.1. The zero-order valence-corrected chi connectivity index (χ0v) is 19.3. The second kappa shape index (κ2) is 8.74. The fraction of sp³-hybridized carbons (Fsp3) is 0.500. The topological polar surface area (TPSA) is 77.8 Å². The van der Waals surface area contributed by atoms with E-state index in [9.17, 15) is 18.8 Å². The van der Waals surface area contributed by atoms with Crippen LogP contribution in [0, 0.1) is 23.7 Å². The van der Waals surface area contributed by atoms with Crippen LogP contribution in [0.3, 0.4) is 0 Å².